The standard InChI is InChI=1S/C25H25N3O3S/c1-3-6-16-10-12-17(13-11-16)21(20-9-5-14-32-20)26-22(29)18-7-4-8-19(15-18)25(2)23(30)27-24(31)28-25/h4-5,7-15,21H,3,6H2,1-2H3,(H,26,29)(H2,27,28,30,31)/t21-,25+/m1/s1. The smallest absolute Gasteiger partial charge is 0.322 e. The topological polar surface area (TPSA) is 87.3 Å². The lowest BCUT2D eigenvalue weighted by molar-refractivity contribution is -0.123. The fourth-order valence-corrected chi connectivity index (χ4v) is 4.67. The third kappa shape index (κ3) is 4.29. The fourth-order valence-electron chi connectivity index (χ4n) is 3.87. The van der Waals surface area contributed by atoms with E-state index in [2.05, 4.69) is 47.1 Å². The molecule has 3 N–H and O–H groups in total. The van der Waals surface area contributed by atoms with E-state index in [1.165, 1.54) is 5.56 Å². The predicted octanol–water partition coefficient (Wildman–Crippen LogP) is 4.27. The van der Waals surface area contributed by atoms with E-state index in [-0.39, 0.29) is 11.9 Å². The number of hydrogen-bond acceptors (Lipinski definition) is 4. The van der Waals surface area contributed by atoms with Crippen molar-refractivity contribution < 1.29 is 14.4 Å². The Balaban J connectivity index is 1.60. The van der Waals surface area contributed by atoms with Crippen LogP contribution in [0.1, 0.15) is 58.2 Å². The van der Waals surface area contributed by atoms with E-state index in [1.54, 1.807) is 42.5 Å². The molecular formula is C25H25N3O3S. The monoisotopic (exact) mass is 447 g/mol. The average molecular weight is 448 g/mol. The van der Waals surface area contributed by atoms with Crippen molar-refractivity contribution in [1.82, 2.24) is 16.0 Å². The first-order valence-corrected chi connectivity index (χ1v) is 11.5. The second-order valence-electron chi connectivity index (χ2n) is 8.03. The Morgan fingerprint density at radius 2 is 1.88 bits per heavy atom. The molecule has 1 saturated heterocycles. The van der Waals surface area contributed by atoms with Crippen molar-refractivity contribution in [2.45, 2.75) is 38.3 Å². The van der Waals surface area contributed by atoms with Crippen LogP contribution >= 0.6 is 11.3 Å². The summed E-state index contributed by atoms with van der Waals surface area (Å²) in [5.41, 5.74) is 2.03. The first-order chi connectivity index (χ1) is 15.4. The highest BCUT2D eigenvalue weighted by molar-refractivity contribution is 7.10. The number of nitrogens with one attached hydrogen (secondary N) is 3. The molecule has 0 spiro atoms. The number of hydrogen-bond donors (Lipinski definition) is 3. The number of amides is 4. The molecule has 4 amide bonds. The zero-order valence-electron chi connectivity index (χ0n) is 18.0. The van der Waals surface area contributed by atoms with Crippen LogP contribution in [0.4, 0.5) is 4.79 Å². The maximum Gasteiger partial charge on any atom is 0.322 e. The molecule has 2 aromatic carbocycles. The van der Waals surface area contributed by atoms with Crippen molar-refractivity contribution in [3.8, 4) is 0 Å². The van der Waals surface area contributed by atoms with Gasteiger partial charge in [-0.2, -0.15) is 0 Å². The number of benzene rings is 2. The van der Waals surface area contributed by atoms with Crippen LogP contribution in [-0.4, -0.2) is 17.8 Å². The molecular weight excluding hydrogens is 422 g/mol. The lowest BCUT2D eigenvalue weighted by Crippen LogP contribution is -2.40. The maximum absolute atomic E-state index is 13.2. The van der Waals surface area contributed by atoms with Gasteiger partial charge in [0.1, 0.15) is 5.54 Å². The van der Waals surface area contributed by atoms with Gasteiger partial charge in [0.25, 0.3) is 11.8 Å². The van der Waals surface area contributed by atoms with E-state index < -0.39 is 17.5 Å². The van der Waals surface area contributed by atoms with Gasteiger partial charge in [0.15, 0.2) is 0 Å². The van der Waals surface area contributed by atoms with Gasteiger partial charge in [0.05, 0.1) is 6.04 Å². The van der Waals surface area contributed by atoms with Crippen LogP contribution in [0.5, 0.6) is 0 Å². The second kappa shape index (κ2) is 8.96. The van der Waals surface area contributed by atoms with Gasteiger partial charge in [-0.1, -0.05) is 55.8 Å². The van der Waals surface area contributed by atoms with Gasteiger partial charge in [0, 0.05) is 10.4 Å². The van der Waals surface area contributed by atoms with Gasteiger partial charge in [0.2, 0.25) is 0 Å². The molecule has 0 saturated carbocycles. The number of carbonyl (C=O) groups is 3. The van der Waals surface area contributed by atoms with Crippen LogP contribution in [-0.2, 0) is 16.8 Å². The summed E-state index contributed by atoms with van der Waals surface area (Å²) in [6.45, 7) is 3.77. The molecule has 32 heavy (non-hydrogen) atoms. The van der Waals surface area contributed by atoms with Gasteiger partial charge in [-0.25, -0.2) is 4.79 Å². The van der Waals surface area contributed by atoms with Crippen molar-refractivity contribution >= 4 is 29.2 Å². The zero-order chi connectivity index (χ0) is 22.7. The molecule has 0 aliphatic carbocycles. The zero-order valence-corrected chi connectivity index (χ0v) is 18.8. The highest BCUT2D eigenvalue weighted by Gasteiger charge is 2.43. The van der Waals surface area contributed by atoms with Crippen molar-refractivity contribution in [3.05, 3.63) is 93.2 Å². The Bertz CT molecular complexity index is 1140. The van der Waals surface area contributed by atoms with Gasteiger partial charge < -0.3 is 10.6 Å². The van der Waals surface area contributed by atoms with E-state index in [0.717, 1.165) is 23.3 Å². The lowest BCUT2D eigenvalue weighted by atomic mass is 9.91. The molecule has 1 aliphatic heterocycles. The highest BCUT2D eigenvalue weighted by Crippen LogP contribution is 2.28. The van der Waals surface area contributed by atoms with Crippen molar-refractivity contribution in [1.29, 1.82) is 0 Å². The number of carbonyl (C=O) groups excluding carboxylic acids is 3. The number of aryl methyl sites for hydroxylation is 1. The Morgan fingerprint density at radius 1 is 1.09 bits per heavy atom. The third-order valence-electron chi connectivity index (χ3n) is 5.70. The summed E-state index contributed by atoms with van der Waals surface area (Å²) in [6.07, 6.45) is 2.10. The molecule has 1 fully saturated rings. The Morgan fingerprint density at radius 3 is 2.50 bits per heavy atom. The van der Waals surface area contributed by atoms with Crippen LogP contribution in [0, 0.1) is 0 Å². The molecule has 7 heteroatoms. The van der Waals surface area contributed by atoms with E-state index in [9.17, 15) is 14.4 Å². The summed E-state index contributed by atoms with van der Waals surface area (Å²) in [4.78, 5) is 38.2. The molecule has 0 radical (unpaired) electrons. The molecule has 4 rings (SSSR count). The number of imide groups is 1. The van der Waals surface area contributed by atoms with Crippen molar-refractivity contribution in [2.24, 2.45) is 0 Å². The van der Waals surface area contributed by atoms with Crippen molar-refractivity contribution in [2.75, 3.05) is 0 Å². The predicted molar refractivity (Wildman–Crippen MR) is 125 cm³/mol. The van der Waals surface area contributed by atoms with Crippen LogP contribution in [0.3, 0.4) is 0 Å². The molecule has 0 unspecified atom stereocenters. The van der Waals surface area contributed by atoms with Gasteiger partial charge in [-0.3, -0.25) is 14.9 Å². The largest absolute Gasteiger partial charge is 0.340 e. The molecule has 0 bridgehead atoms. The van der Waals surface area contributed by atoms with Gasteiger partial charge >= 0.3 is 6.03 Å². The molecule has 1 aliphatic rings. The van der Waals surface area contributed by atoms with Crippen LogP contribution in [0.2, 0.25) is 0 Å². The number of urea groups is 1. The summed E-state index contributed by atoms with van der Waals surface area (Å²) in [7, 11) is 0. The molecule has 6 nitrogen and oxygen atoms in total. The van der Waals surface area contributed by atoms with Crippen molar-refractivity contribution in [3.63, 3.8) is 0 Å². The first-order valence-electron chi connectivity index (χ1n) is 10.6. The van der Waals surface area contributed by atoms with Crippen LogP contribution in [0.15, 0.2) is 66.0 Å². The minimum atomic E-state index is -1.21. The minimum absolute atomic E-state index is 0.254. The van der Waals surface area contributed by atoms with E-state index in [4.69, 9.17) is 0 Å². The minimum Gasteiger partial charge on any atom is -0.340 e. The average Bonchev–Trinajstić information content (AvgIpc) is 3.41. The highest BCUT2D eigenvalue weighted by atomic mass is 32.1. The Labute approximate surface area is 191 Å². The fraction of sp³-hybridized carbons (Fsp3) is 0.240. The molecule has 1 aromatic heterocycles. The summed E-state index contributed by atoms with van der Waals surface area (Å²) >= 11 is 1.59. The number of thiophene rings is 1. The van der Waals surface area contributed by atoms with Crippen LogP contribution in [0.25, 0.3) is 0 Å². The second-order valence-corrected chi connectivity index (χ2v) is 9.01. The first kappa shape index (κ1) is 21.8. The lowest BCUT2D eigenvalue weighted by Gasteiger charge is -2.22. The third-order valence-corrected chi connectivity index (χ3v) is 6.64. The molecule has 2 atom stereocenters. The van der Waals surface area contributed by atoms with Gasteiger partial charge in [-0.05, 0) is 53.6 Å². The Kier molecular flexibility index (Phi) is 6.10. The summed E-state index contributed by atoms with van der Waals surface area (Å²) in [5.74, 6) is -0.695. The molecule has 3 aromatic rings. The SMILES string of the molecule is CCCc1ccc([C@@H](NC(=O)c2cccc([C@]3(C)NC(=O)NC3=O)c2)c2cccs2)cc1. The normalized spacial score (nSPS) is 18.7. The quantitative estimate of drug-likeness (QED) is 0.473. The van der Waals surface area contributed by atoms with E-state index in [0.29, 0.717) is 11.1 Å². The molecule has 164 valence electrons. The van der Waals surface area contributed by atoms with Crippen LogP contribution < -0.4 is 16.0 Å². The Hall–Kier alpha value is -3.45. The molecule has 2 heterocycles. The van der Waals surface area contributed by atoms with Gasteiger partial charge in [-0.15, -0.1) is 11.3 Å². The maximum atomic E-state index is 13.2. The number of rotatable bonds is 7. The summed E-state index contributed by atoms with van der Waals surface area (Å²) in [6, 6.07) is 18.3. The summed E-state index contributed by atoms with van der Waals surface area (Å²) in [5, 5.41) is 10.0. The summed E-state index contributed by atoms with van der Waals surface area (Å²) < 4.78 is 0. The van der Waals surface area contributed by atoms with E-state index in [1.807, 2.05) is 17.5 Å². The van der Waals surface area contributed by atoms with E-state index >= 15 is 0 Å².